The number of hydrogen-bond acceptors (Lipinski definition) is 4. The Hall–Kier alpha value is -1.80. The molecule has 25 heavy (non-hydrogen) atoms. The van der Waals surface area contributed by atoms with E-state index in [0.29, 0.717) is 26.1 Å². The zero-order valence-electron chi connectivity index (χ0n) is 14.0. The number of nitrogens with two attached hydrogens (primary N) is 1. The predicted molar refractivity (Wildman–Crippen MR) is 87.9 cm³/mol. The number of nitrogens with one attached hydrogen (secondary N) is 1. The molecule has 0 bridgehead atoms. The van der Waals surface area contributed by atoms with Crippen LogP contribution in [0.1, 0.15) is 31.2 Å². The summed E-state index contributed by atoms with van der Waals surface area (Å²) in [6.45, 7) is 2.42. The molecular formula is C17H24F3N3O2. The molecule has 0 aliphatic carbocycles. The van der Waals surface area contributed by atoms with Crippen molar-refractivity contribution in [1.82, 2.24) is 10.2 Å². The summed E-state index contributed by atoms with van der Waals surface area (Å²) in [5.74, 6) is -0.276. The van der Waals surface area contributed by atoms with Crippen molar-refractivity contribution in [2.75, 3.05) is 19.6 Å². The van der Waals surface area contributed by atoms with Gasteiger partial charge < -0.3 is 15.8 Å². The van der Waals surface area contributed by atoms with Crippen LogP contribution in [0.15, 0.2) is 24.3 Å². The third-order valence-electron chi connectivity index (χ3n) is 4.20. The van der Waals surface area contributed by atoms with Gasteiger partial charge in [-0.25, -0.2) is 0 Å². The minimum Gasteiger partial charge on any atom is -0.406 e. The molecule has 1 fully saturated rings. The second kappa shape index (κ2) is 9.05. The lowest BCUT2D eigenvalue weighted by atomic mass is 10.0. The van der Waals surface area contributed by atoms with Gasteiger partial charge >= 0.3 is 6.36 Å². The van der Waals surface area contributed by atoms with Gasteiger partial charge in [0.15, 0.2) is 0 Å². The molecule has 1 atom stereocenters. The van der Waals surface area contributed by atoms with Gasteiger partial charge in [-0.3, -0.25) is 9.69 Å². The van der Waals surface area contributed by atoms with Gasteiger partial charge in [-0.05, 0) is 37.1 Å². The molecule has 3 N–H and O–H groups in total. The SMILES string of the molecule is NCCC(=O)NCC1CCCCN1Cc1ccc(OC(F)(F)F)cc1. The molecule has 0 spiro atoms. The minimum atomic E-state index is -4.68. The van der Waals surface area contributed by atoms with Gasteiger partial charge in [0.1, 0.15) is 5.75 Å². The zero-order valence-corrected chi connectivity index (χ0v) is 14.0. The molecule has 2 rings (SSSR count). The van der Waals surface area contributed by atoms with E-state index >= 15 is 0 Å². The van der Waals surface area contributed by atoms with E-state index in [-0.39, 0.29) is 17.7 Å². The number of carbonyl (C=O) groups excluding carboxylic acids is 1. The van der Waals surface area contributed by atoms with Crippen LogP contribution in [0.4, 0.5) is 13.2 Å². The Morgan fingerprint density at radius 1 is 1.28 bits per heavy atom. The number of hydrogen-bond donors (Lipinski definition) is 2. The fraction of sp³-hybridized carbons (Fsp3) is 0.588. The third kappa shape index (κ3) is 6.91. The predicted octanol–water partition coefficient (Wildman–Crippen LogP) is 2.40. The Morgan fingerprint density at radius 2 is 2.00 bits per heavy atom. The molecule has 5 nitrogen and oxygen atoms in total. The molecule has 1 aliphatic heterocycles. The van der Waals surface area contributed by atoms with Crippen molar-refractivity contribution in [1.29, 1.82) is 0 Å². The maximum atomic E-state index is 12.2. The Morgan fingerprint density at radius 3 is 2.64 bits per heavy atom. The number of carbonyl (C=O) groups is 1. The van der Waals surface area contributed by atoms with Gasteiger partial charge in [-0.1, -0.05) is 18.6 Å². The monoisotopic (exact) mass is 359 g/mol. The molecule has 0 aromatic heterocycles. The van der Waals surface area contributed by atoms with Crippen molar-refractivity contribution in [3.05, 3.63) is 29.8 Å². The zero-order chi connectivity index (χ0) is 18.3. The molecule has 8 heteroatoms. The van der Waals surface area contributed by atoms with E-state index in [1.165, 1.54) is 12.1 Å². The van der Waals surface area contributed by atoms with Gasteiger partial charge in [0.05, 0.1) is 0 Å². The molecule has 1 amide bonds. The number of alkyl halides is 3. The Bertz CT molecular complexity index is 549. The molecule has 0 saturated carbocycles. The van der Waals surface area contributed by atoms with Crippen LogP contribution >= 0.6 is 0 Å². The quantitative estimate of drug-likeness (QED) is 0.785. The summed E-state index contributed by atoms with van der Waals surface area (Å²) in [6, 6.07) is 6.15. The first-order valence-corrected chi connectivity index (χ1v) is 8.43. The average Bonchev–Trinajstić information content (AvgIpc) is 2.55. The number of amides is 1. The molecule has 1 saturated heterocycles. The number of benzene rings is 1. The number of halogens is 3. The second-order valence-electron chi connectivity index (χ2n) is 6.15. The van der Waals surface area contributed by atoms with Gasteiger partial charge in [0.25, 0.3) is 0 Å². The summed E-state index contributed by atoms with van der Waals surface area (Å²) < 4.78 is 40.5. The van der Waals surface area contributed by atoms with Crippen LogP contribution in [0.2, 0.25) is 0 Å². The Balaban J connectivity index is 1.90. The Kier molecular flexibility index (Phi) is 7.07. The van der Waals surface area contributed by atoms with Crippen molar-refractivity contribution in [2.24, 2.45) is 5.73 Å². The van der Waals surface area contributed by atoms with Crippen molar-refractivity contribution in [2.45, 2.75) is 44.6 Å². The van der Waals surface area contributed by atoms with Crippen molar-refractivity contribution < 1.29 is 22.7 Å². The van der Waals surface area contributed by atoms with Crippen LogP contribution in [0.3, 0.4) is 0 Å². The summed E-state index contributed by atoms with van der Waals surface area (Å²) in [6.07, 6.45) is -1.21. The lowest BCUT2D eigenvalue weighted by Crippen LogP contribution is -2.46. The second-order valence-corrected chi connectivity index (χ2v) is 6.15. The van der Waals surface area contributed by atoms with Crippen molar-refractivity contribution in [3.8, 4) is 5.75 Å². The first kappa shape index (κ1) is 19.5. The van der Waals surface area contributed by atoms with E-state index < -0.39 is 6.36 Å². The molecule has 1 aromatic carbocycles. The highest BCUT2D eigenvalue weighted by Gasteiger charge is 2.31. The fourth-order valence-corrected chi connectivity index (χ4v) is 2.98. The molecule has 1 unspecified atom stereocenters. The van der Waals surface area contributed by atoms with E-state index in [9.17, 15) is 18.0 Å². The molecule has 1 aromatic rings. The molecular weight excluding hydrogens is 335 g/mol. The summed E-state index contributed by atoms with van der Waals surface area (Å²) >= 11 is 0. The smallest absolute Gasteiger partial charge is 0.406 e. The van der Waals surface area contributed by atoms with Crippen LogP contribution in [0.25, 0.3) is 0 Å². The molecule has 140 valence electrons. The minimum absolute atomic E-state index is 0.0540. The van der Waals surface area contributed by atoms with Crippen LogP contribution in [0.5, 0.6) is 5.75 Å². The van der Waals surface area contributed by atoms with Crippen LogP contribution in [-0.4, -0.2) is 42.8 Å². The third-order valence-corrected chi connectivity index (χ3v) is 4.20. The van der Waals surface area contributed by atoms with Gasteiger partial charge in [0, 0.05) is 32.1 Å². The number of ether oxygens (including phenoxy) is 1. The van der Waals surface area contributed by atoms with Gasteiger partial charge in [-0.2, -0.15) is 0 Å². The van der Waals surface area contributed by atoms with E-state index in [1.807, 2.05) is 0 Å². The van der Waals surface area contributed by atoms with Crippen LogP contribution in [-0.2, 0) is 11.3 Å². The van der Waals surface area contributed by atoms with E-state index in [4.69, 9.17) is 5.73 Å². The number of likely N-dealkylation sites (tertiary alicyclic amines) is 1. The summed E-state index contributed by atoms with van der Waals surface area (Å²) in [5.41, 5.74) is 6.28. The number of nitrogens with zero attached hydrogens (tertiary/aromatic N) is 1. The highest BCUT2D eigenvalue weighted by Crippen LogP contribution is 2.24. The van der Waals surface area contributed by atoms with Gasteiger partial charge in [0.2, 0.25) is 5.91 Å². The van der Waals surface area contributed by atoms with E-state index in [0.717, 1.165) is 31.4 Å². The largest absolute Gasteiger partial charge is 0.573 e. The van der Waals surface area contributed by atoms with E-state index in [1.54, 1.807) is 12.1 Å². The summed E-state index contributed by atoms with van der Waals surface area (Å²) in [5, 5.41) is 2.90. The Labute approximate surface area is 145 Å². The summed E-state index contributed by atoms with van der Waals surface area (Å²) in [7, 11) is 0. The highest BCUT2D eigenvalue weighted by atomic mass is 19.4. The number of rotatable bonds is 7. The fourth-order valence-electron chi connectivity index (χ4n) is 2.98. The van der Waals surface area contributed by atoms with E-state index in [2.05, 4.69) is 15.0 Å². The maximum absolute atomic E-state index is 12.2. The first-order valence-electron chi connectivity index (χ1n) is 8.43. The highest BCUT2D eigenvalue weighted by molar-refractivity contribution is 5.76. The lowest BCUT2D eigenvalue weighted by Gasteiger charge is -2.36. The normalized spacial score (nSPS) is 18.8. The first-order chi connectivity index (χ1) is 11.9. The van der Waals surface area contributed by atoms with Gasteiger partial charge in [-0.15, -0.1) is 13.2 Å². The van der Waals surface area contributed by atoms with Crippen LogP contribution in [0, 0.1) is 0 Å². The molecule has 0 radical (unpaired) electrons. The standard InChI is InChI=1S/C17H24F3N3O2/c18-17(19,20)25-15-6-4-13(5-7-15)12-23-10-2-1-3-14(23)11-22-16(24)8-9-21/h4-7,14H,1-3,8-12,21H2,(H,22,24). The van der Waals surface area contributed by atoms with Crippen LogP contribution < -0.4 is 15.8 Å². The lowest BCUT2D eigenvalue weighted by molar-refractivity contribution is -0.274. The molecule has 1 heterocycles. The van der Waals surface area contributed by atoms with Crippen molar-refractivity contribution in [3.63, 3.8) is 0 Å². The molecule has 1 aliphatic rings. The van der Waals surface area contributed by atoms with Crippen molar-refractivity contribution >= 4 is 5.91 Å². The topological polar surface area (TPSA) is 67.6 Å². The number of piperidine rings is 1. The maximum Gasteiger partial charge on any atom is 0.573 e. The summed E-state index contributed by atoms with van der Waals surface area (Å²) in [4.78, 5) is 13.8. The average molecular weight is 359 g/mol.